The van der Waals surface area contributed by atoms with E-state index in [2.05, 4.69) is 31.3 Å². The molecule has 0 aliphatic rings. The van der Waals surface area contributed by atoms with E-state index < -0.39 is 23.7 Å². The van der Waals surface area contributed by atoms with Gasteiger partial charge in [0.25, 0.3) is 11.8 Å². The smallest absolute Gasteiger partial charge is 0.365 e. The number of hydrogen-bond acceptors (Lipinski definition) is 5. The fourth-order valence-electron chi connectivity index (χ4n) is 3.28. The second-order valence-electron chi connectivity index (χ2n) is 7.22. The number of fused-ring (bicyclic) bond motifs is 1. The number of rotatable bonds is 4. The zero-order valence-corrected chi connectivity index (χ0v) is 19.5. The van der Waals surface area contributed by atoms with Crippen LogP contribution in [0.25, 0.3) is 21.3 Å². The molecule has 0 aliphatic heterocycles. The fraction of sp³-hybridized carbons (Fsp3) is 0.143. The minimum absolute atomic E-state index is 0.0122. The fourth-order valence-corrected chi connectivity index (χ4v) is 4.85. The van der Waals surface area contributed by atoms with E-state index in [0.29, 0.717) is 21.4 Å². The molecule has 3 aromatic heterocycles. The Balaban J connectivity index is 1.99. The molecule has 0 radical (unpaired) electrons. The van der Waals surface area contributed by atoms with Gasteiger partial charge in [-0.25, -0.2) is 4.98 Å². The average Bonchev–Trinajstić information content (AvgIpc) is 3.26. The monoisotopic (exact) mass is 537 g/mol. The zero-order valence-electron chi connectivity index (χ0n) is 17.1. The lowest BCUT2D eigenvalue weighted by Gasteiger charge is -2.12. The van der Waals surface area contributed by atoms with Crippen LogP contribution in [0.4, 0.5) is 18.9 Å². The van der Waals surface area contributed by atoms with Crippen LogP contribution >= 0.6 is 27.3 Å². The van der Waals surface area contributed by atoms with Crippen molar-refractivity contribution in [2.45, 2.75) is 13.1 Å². The van der Waals surface area contributed by atoms with E-state index in [0.717, 1.165) is 11.6 Å². The van der Waals surface area contributed by atoms with Gasteiger partial charge < -0.3 is 11.1 Å². The first kappa shape index (κ1) is 22.9. The molecule has 0 fully saturated rings. The molecular weight excluding hydrogens is 523 g/mol. The molecule has 0 atom stereocenters. The number of alkyl halides is 3. The molecule has 0 unspecified atom stereocenters. The summed E-state index contributed by atoms with van der Waals surface area (Å²) in [5, 5.41) is 6.86. The van der Waals surface area contributed by atoms with Crippen molar-refractivity contribution in [1.82, 2.24) is 14.8 Å². The Morgan fingerprint density at radius 3 is 2.42 bits per heavy atom. The molecule has 170 valence electrons. The number of carbonyl (C=O) groups is 2. The molecule has 4 aromatic rings. The second kappa shape index (κ2) is 8.27. The van der Waals surface area contributed by atoms with Gasteiger partial charge in [0.05, 0.1) is 10.2 Å². The molecule has 33 heavy (non-hydrogen) atoms. The van der Waals surface area contributed by atoms with Crippen molar-refractivity contribution in [1.29, 1.82) is 0 Å². The zero-order chi connectivity index (χ0) is 24.1. The molecule has 3 heterocycles. The van der Waals surface area contributed by atoms with Gasteiger partial charge in [-0.15, -0.1) is 11.3 Å². The van der Waals surface area contributed by atoms with Crippen molar-refractivity contribution in [3.63, 3.8) is 0 Å². The Bertz CT molecular complexity index is 1410. The number of primary amides is 1. The number of amides is 2. The lowest BCUT2D eigenvalue weighted by atomic mass is 10.00. The van der Waals surface area contributed by atoms with Crippen LogP contribution in [0.5, 0.6) is 0 Å². The van der Waals surface area contributed by atoms with Crippen LogP contribution < -0.4 is 11.1 Å². The van der Waals surface area contributed by atoms with Crippen molar-refractivity contribution in [2.75, 3.05) is 5.32 Å². The van der Waals surface area contributed by atoms with Crippen molar-refractivity contribution in [3.8, 4) is 11.1 Å². The number of nitrogens with one attached hydrogen (secondary N) is 1. The van der Waals surface area contributed by atoms with Gasteiger partial charge in [-0.1, -0.05) is 29.8 Å². The largest absolute Gasteiger partial charge is 0.433 e. The summed E-state index contributed by atoms with van der Waals surface area (Å²) in [6.45, 7) is 1.85. The summed E-state index contributed by atoms with van der Waals surface area (Å²) in [7, 11) is 1.62. The molecule has 0 saturated carbocycles. The standard InChI is InChI=1S/C21H15BrF3N5O2S/c1-9-3-5-10(6-4-9)11-7-13(21(23,24)25)27-20-14(11)16(17(33-20)18(26)31)28-19(32)15-12(22)8-30(2)29-15/h3-8H,1-2H3,(H2,26,31)(H,28,32). The van der Waals surface area contributed by atoms with Crippen LogP contribution in [0.1, 0.15) is 31.4 Å². The highest BCUT2D eigenvalue weighted by Gasteiger charge is 2.35. The summed E-state index contributed by atoms with van der Waals surface area (Å²) in [5.74, 6) is -1.57. The van der Waals surface area contributed by atoms with Gasteiger partial charge in [0.15, 0.2) is 5.69 Å². The number of halogens is 4. The minimum Gasteiger partial charge on any atom is -0.365 e. The number of nitrogens with two attached hydrogens (primary N) is 1. The topological polar surface area (TPSA) is 103 Å². The molecule has 3 N–H and O–H groups in total. The van der Waals surface area contributed by atoms with Crippen molar-refractivity contribution in [2.24, 2.45) is 12.8 Å². The maximum absolute atomic E-state index is 13.6. The molecule has 1 aromatic carbocycles. The summed E-state index contributed by atoms with van der Waals surface area (Å²) in [6.07, 6.45) is -3.16. The first-order chi connectivity index (χ1) is 15.5. The molecular formula is C21H15BrF3N5O2S. The third-order valence-electron chi connectivity index (χ3n) is 4.78. The summed E-state index contributed by atoms with van der Waals surface area (Å²) in [5.41, 5.74) is 5.93. The number of thiophene rings is 1. The van der Waals surface area contributed by atoms with E-state index >= 15 is 0 Å². The van der Waals surface area contributed by atoms with Crippen LogP contribution in [-0.2, 0) is 13.2 Å². The molecule has 7 nitrogen and oxygen atoms in total. The second-order valence-corrected chi connectivity index (χ2v) is 9.08. The molecule has 4 rings (SSSR count). The first-order valence-electron chi connectivity index (χ1n) is 9.37. The number of nitrogens with zero attached hydrogens (tertiary/aromatic N) is 3. The summed E-state index contributed by atoms with van der Waals surface area (Å²) < 4.78 is 42.6. The first-order valence-corrected chi connectivity index (χ1v) is 11.0. The molecule has 0 bridgehead atoms. The van der Waals surface area contributed by atoms with Crippen LogP contribution in [0, 0.1) is 6.92 Å². The Morgan fingerprint density at radius 1 is 1.21 bits per heavy atom. The average molecular weight is 538 g/mol. The highest BCUT2D eigenvalue weighted by Crippen LogP contribution is 2.43. The van der Waals surface area contributed by atoms with E-state index in [-0.39, 0.29) is 32.0 Å². The minimum atomic E-state index is -4.72. The lowest BCUT2D eigenvalue weighted by Crippen LogP contribution is -2.17. The predicted octanol–water partition coefficient (Wildman–Crippen LogP) is 5.14. The quantitative estimate of drug-likeness (QED) is 0.376. The lowest BCUT2D eigenvalue weighted by molar-refractivity contribution is -0.140. The van der Waals surface area contributed by atoms with Gasteiger partial charge in [-0.05, 0) is 40.0 Å². The Labute approximate surface area is 197 Å². The number of aryl methyl sites for hydroxylation is 2. The van der Waals surface area contributed by atoms with Crippen molar-refractivity contribution >= 4 is 55.0 Å². The van der Waals surface area contributed by atoms with Gasteiger partial charge in [0.1, 0.15) is 15.4 Å². The third kappa shape index (κ3) is 4.35. The number of carbonyl (C=O) groups excluding carboxylic acids is 2. The molecule has 2 amide bonds. The van der Waals surface area contributed by atoms with Crippen LogP contribution in [-0.4, -0.2) is 26.6 Å². The number of anilines is 1. The van der Waals surface area contributed by atoms with E-state index in [4.69, 9.17) is 5.73 Å². The van der Waals surface area contributed by atoms with Gasteiger partial charge in [-0.3, -0.25) is 14.3 Å². The maximum Gasteiger partial charge on any atom is 0.433 e. The van der Waals surface area contributed by atoms with Gasteiger partial charge in [-0.2, -0.15) is 18.3 Å². The number of benzene rings is 1. The Morgan fingerprint density at radius 2 is 1.88 bits per heavy atom. The summed E-state index contributed by atoms with van der Waals surface area (Å²) in [6, 6.07) is 7.72. The SMILES string of the molecule is Cc1ccc(-c2cc(C(F)(F)F)nc3sc(C(N)=O)c(NC(=O)c4nn(C)cc4Br)c23)cc1. The molecule has 0 saturated heterocycles. The predicted molar refractivity (Wildman–Crippen MR) is 122 cm³/mol. The van der Waals surface area contributed by atoms with Crippen molar-refractivity contribution < 1.29 is 22.8 Å². The van der Waals surface area contributed by atoms with Crippen LogP contribution in [0.2, 0.25) is 0 Å². The van der Waals surface area contributed by atoms with E-state index in [1.165, 1.54) is 4.68 Å². The highest BCUT2D eigenvalue weighted by atomic mass is 79.9. The van der Waals surface area contributed by atoms with Crippen molar-refractivity contribution in [3.05, 3.63) is 62.8 Å². The summed E-state index contributed by atoms with van der Waals surface area (Å²) in [4.78, 5) is 28.6. The third-order valence-corrected chi connectivity index (χ3v) is 6.46. The van der Waals surface area contributed by atoms with Crippen LogP contribution in [0.3, 0.4) is 0 Å². The van der Waals surface area contributed by atoms with Gasteiger partial charge in [0.2, 0.25) is 0 Å². The highest BCUT2D eigenvalue weighted by molar-refractivity contribution is 9.10. The van der Waals surface area contributed by atoms with Crippen LogP contribution in [0.15, 0.2) is 41.0 Å². The molecule has 0 spiro atoms. The molecule has 0 aliphatic carbocycles. The molecule has 12 heteroatoms. The Kier molecular flexibility index (Phi) is 5.74. The number of hydrogen-bond donors (Lipinski definition) is 2. The van der Waals surface area contributed by atoms with Gasteiger partial charge in [0, 0.05) is 18.6 Å². The van der Waals surface area contributed by atoms with E-state index in [1.807, 2.05) is 6.92 Å². The number of aromatic nitrogens is 3. The van der Waals surface area contributed by atoms with E-state index in [9.17, 15) is 22.8 Å². The number of pyridine rings is 1. The normalized spacial score (nSPS) is 11.7. The van der Waals surface area contributed by atoms with Gasteiger partial charge >= 0.3 is 6.18 Å². The van der Waals surface area contributed by atoms with E-state index in [1.54, 1.807) is 37.5 Å². The summed E-state index contributed by atoms with van der Waals surface area (Å²) >= 11 is 3.92. The maximum atomic E-state index is 13.6. The Hall–Kier alpha value is -3.25.